The van der Waals surface area contributed by atoms with E-state index in [1.54, 1.807) is 41.3 Å². The first-order chi connectivity index (χ1) is 16.5. The number of piperazine rings is 1. The van der Waals surface area contributed by atoms with Crippen LogP contribution in [-0.2, 0) is 4.79 Å². The SMILES string of the molecule is NCC[C@@H](NC(=O)c1ccc(-c2cccc(NC(=O)c3nncs3)c2)o1)C(=O)N1CCNCC1. The van der Waals surface area contributed by atoms with Crippen LogP contribution in [0.4, 0.5) is 5.69 Å². The van der Waals surface area contributed by atoms with E-state index in [1.807, 2.05) is 0 Å². The van der Waals surface area contributed by atoms with Gasteiger partial charge >= 0.3 is 0 Å². The Bertz CT molecular complexity index is 1140. The number of nitrogens with zero attached hydrogens (tertiary/aromatic N) is 3. The van der Waals surface area contributed by atoms with Crippen molar-refractivity contribution in [3.8, 4) is 11.3 Å². The van der Waals surface area contributed by atoms with E-state index in [0.717, 1.165) is 24.4 Å². The number of anilines is 1. The van der Waals surface area contributed by atoms with E-state index in [-0.39, 0.29) is 29.1 Å². The maximum absolute atomic E-state index is 12.8. The van der Waals surface area contributed by atoms with E-state index in [4.69, 9.17) is 10.2 Å². The van der Waals surface area contributed by atoms with Gasteiger partial charge in [0.25, 0.3) is 11.8 Å². The van der Waals surface area contributed by atoms with E-state index in [1.165, 1.54) is 5.51 Å². The molecule has 3 aromatic rings. The summed E-state index contributed by atoms with van der Waals surface area (Å²) in [5, 5.41) is 16.4. The molecule has 1 aliphatic rings. The number of benzene rings is 1. The first-order valence-corrected chi connectivity index (χ1v) is 11.7. The van der Waals surface area contributed by atoms with Crippen molar-refractivity contribution in [3.05, 3.63) is 52.7 Å². The quantitative estimate of drug-likeness (QED) is 0.369. The molecule has 0 aliphatic carbocycles. The lowest BCUT2D eigenvalue weighted by atomic mass is 10.1. The minimum absolute atomic E-state index is 0.0773. The molecule has 3 heterocycles. The number of nitrogens with one attached hydrogen (secondary N) is 3. The molecule has 1 atom stereocenters. The van der Waals surface area contributed by atoms with Crippen molar-refractivity contribution >= 4 is 34.7 Å². The molecule has 11 nitrogen and oxygen atoms in total. The highest BCUT2D eigenvalue weighted by molar-refractivity contribution is 7.11. The van der Waals surface area contributed by atoms with E-state index < -0.39 is 11.9 Å². The van der Waals surface area contributed by atoms with Gasteiger partial charge in [0.15, 0.2) is 5.76 Å². The molecule has 5 N–H and O–H groups in total. The van der Waals surface area contributed by atoms with Gasteiger partial charge in [0.2, 0.25) is 10.9 Å². The minimum atomic E-state index is -0.719. The molecule has 34 heavy (non-hydrogen) atoms. The summed E-state index contributed by atoms with van der Waals surface area (Å²) >= 11 is 1.14. The molecule has 0 bridgehead atoms. The van der Waals surface area contributed by atoms with Gasteiger partial charge in [0.05, 0.1) is 0 Å². The van der Waals surface area contributed by atoms with E-state index in [2.05, 4.69) is 26.1 Å². The Morgan fingerprint density at radius 2 is 2.00 bits per heavy atom. The van der Waals surface area contributed by atoms with Crippen LogP contribution in [0.5, 0.6) is 0 Å². The maximum atomic E-state index is 12.8. The zero-order chi connectivity index (χ0) is 23.9. The number of aromatic nitrogens is 2. The Morgan fingerprint density at radius 1 is 1.18 bits per heavy atom. The molecular weight excluding hydrogens is 458 g/mol. The van der Waals surface area contributed by atoms with Gasteiger partial charge in [-0.15, -0.1) is 10.2 Å². The smallest absolute Gasteiger partial charge is 0.287 e. The molecule has 1 aromatic carbocycles. The minimum Gasteiger partial charge on any atom is -0.451 e. The molecule has 4 rings (SSSR count). The van der Waals surface area contributed by atoms with Crippen LogP contribution in [-0.4, -0.2) is 71.6 Å². The lowest BCUT2D eigenvalue weighted by molar-refractivity contribution is -0.133. The number of hydrogen-bond donors (Lipinski definition) is 4. The van der Waals surface area contributed by atoms with Gasteiger partial charge in [0.1, 0.15) is 17.3 Å². The number of carbonyl (C=O) groups is 3. The highest BCUT2D eigenvalue weighted by atomic mass is 32.1. The first kappa shape index (κ1) is 23.5. The highest BCUT2D eigenvalue weighted by Crippen LogP contribution is 2.25. The van der Waals surface area contributed by atoms with Gasteiger partial charge in [-0.05, 0) is 37.2 Å². The lowest BCUT2D eigenvalue weighted by Gasteiger charge is -2.31. The molecule has 2 aromatic heterocycles. The molecule has 3 amide bonds. The topological polar surface area (TPSA) is 155 Å². The lowest BCUT2D eigenvalue weighted by Crippen LogP contribution is -2.54. The van der Waals surface area contributed by atoms with Gasteiger partial charge in [-0.2, -0.15) is 0 Å². The third-order valence-corrected chi connectivity index (χ3v) is 5.97. The average Bonchev–Trinajstić information content (AvgIpc) is 3.57. The second kappa shape index (κ2) is 11.0. The number of hydrogen-bond acceptors (Lipinski definition) is 9. The summed E-state index contributed by atoms with van der Waals surface area (Å²) in [6.07, 6.45) is 0.332. The van der Waals surface area contributed by atoms with Gasteiger partial charge < -0.3 is 31.0 Å². The Morgan fingerprint density at radius 3 is 2.74 bits per heavy atom. The molecule has 0 radical (unpaired) electrons. The van der Waals surface area contributed by atoms with Crippen molar-refractivity contribution in [2.24, 2.45) is 5.73 Å². The van der Waals surface area contributed by atoms with Crippen LogP contribution >= 0.6 is 11.3 Å². The van der Waals surface area contributed by atoms with Gasteiger partial charge in [0, 0.05) is 37.4 Å². The molecule has 1 aliphatic heterocycles. The molecule has 0 saturated carbocycles. The summed E-state index contributed by atoms with van der Waals surface area (Å²) in [5.74, 6) is -0.478. The highest BCUT2D eigenvalue weighted by Gasteiger charge is 2.27. The predicted molar refractivity (Wildman–Crippen MR) is 126 cm³/mol. The van der Waals surface area contributed by atoms with Gasteiger partial charge in [-0.25, -0.2) is 0 Å². The second-order valence-electron chi connectivity index (χ2n) is 7.62. The number of furan rings is 1. The normalized spacial score (nSPS) is 14.4. The largest absolute Gasteiger partial charge is 0.451 e. The van der Waals surface area contributed by atoms with E-state index in [0.29, 0.717) is 36.5 Å². The standard InChI is InChI=1S/C22H25N7O4S/c23-7-6-16(22(32)29-10-8-24-9-11-29)27-19(30)18-5-4-17(33-18)14-2-1-3-15(12-14)26-20(31)21-28-25-13-34-21/h1-5,12-13,16,24H,6-11,23H2,(H,26,31)(H,27,30)/t16-/m1/s1. The molecule has 178 valence electrons. The monoisotopic (exact) mass is 483 g/mol. The van der Waals surface area contributed by atoms with Crippen molar-refractivity contribution < 1.29 is 18.8 Å². The van der Waals surface area contributed by atoms with Crippen molar-refractivity contribution in [2.75, 3.05) is 38.0 Å². The van der Waals surface area contributed by atoms with Gasteiger partial charge in [-0.1, -0.05) is 23.5 Å². The summed E-state index contributed by atoms with van der Waals surface area (Å²) < 4.78 is 5.76. The zero-order valence-corrected chi connectivity index (χ0v) is 19.1. The third-order valence-electron chi connectivity index (χ3n) is 5.28. The number of rotatable bonds is 8. The third kappa shape index (κ3) is 5.65. The Balaban J connectivity index is 1.43. The summed E-state index contributed by atoms with van der Waals surface area (Å²) in [6.45, 7) is 2.88. The van der Waals surface area contributed by atoms with Crippen LogP contribution in [0, 0.1) is 0 Å². The summed E-state index contributed by atoms with van der Waals surface area (Å²) in [4.78, 5) is 39.6. The van der Waals surface area contributed by atoms with Crippen LogP contribution in [0.1, 0.15) is 26.8 Å². The first-order valence-electron chi connectivity index (χ1n) is 10.8. The fourth-order valence-corrected chi connectivity index (χ4v) is 4.03. The van der Waals surface area contributed by atoms with Crippen LogP contribution in [0.25, 0.3) is 11.3 Å². The Labute approximate surface area is 199 Å². The summed E-state index contributed by atoms with van der Waals surface area (Å²) in [6, 6.07) is 9.51. The van der Waals surface area contributed by atoms with Crippen LogP contribution in [0.2, 0.25) is 0 Å². The summed E-state index contributed by atoms with van der Waals surface area (Å²) in [5.41, 5.74) is 8.38. The molecule has 0 spiro atoms. The molecular formula is C22H25N7O4S. The van der Waals surface area contributed by atoms with Crippen molar-refractivity contribution in [1.29, 1.82) is 0 Å². The van der Waals surface area contributed by atoms with Crippen LogP contribution in [0.3, 0.4) is 0 Å². The number of nitrogens with two attached hydrogens (primary N) is 1. The predicted octanol–water partition coefficient (Wildman–Crippen LogP) is 0.929. The fourth-order valence-electron chi connectivity index (χ4n) is 3.58. The van der Waals surface area contributed by atoms with E-state index >= 15 is 0 Å². The van der Waals surface area contributed by atoms with Gasteiger partial charge in [-0.3, -0.25) is 14.4 Å². The maximum Gasteiger partial charge on any atom is 0.287 e. The molecule has 12 heteroatoms. The van der Waals surface area contributed by atoms with Crippen molar-refractivity contribution in [3.63, 3.8) is 0 Å². The Hall–Kier alpha value is -3.61. The molecule has 0 unspecified atom stereocenters. The molecule has 1 saturated heterocycles. The van der Waals surface area contributed by atoms with Crippen molar-refractivity contribution in [2.45, 2.75) is 12.5 Å². The average molecular weight is 484 g/mol. The summed E-state index contributed by atoms with van der Waals surface area (Å²) in [7, 11) is 0. The molecule has 1 fully saturated rings. The van der Waals surface area contributed by atoms with E-state index in [9.17, 15) is 14.4 Å². The van der Waals surface area contributed by atoms with Crippen LogP contribution in [0.15, 0.2) is 46.3 Å². The van der Waals surface area contributed by atoms with Crippen molar-refractivity contribution in [1.82, 2.24) is 25.7 Å². The second-order valence-corrected chi connectivity index (χ2v) is 8.45. The number of carbonyl (C=O) groups excluding carboxylic acids is 3. The Kier molecular flexibility index (Phi) is 7.62. The number of amides is 3. The fraction of sp³-hybridized carbons (Fsp3) is 0.318. The zero-order valence-electron chi connectivity index (χ0n) is 18.3. The van der Waals surface area contributed by atoms with Crippen LogP contribution < -0.4 is 21.7 Å².